The normalized spacial score (nSPS) is 13.7. The highest BCUT2D eigenvalue weighted by Crippen LogP contribution is 2.67. The van der Waals surface area contributed by atoms with Crippen molar-refractivity contribution in [3.63, 3.8) is 0 Å². The van der Waals surface area contributed by atoms with Crippen LogP contribution in [0.25, 0.3) is 44.2 Å². The summed E-state index contributed by atoms with van der Waals surface area (Å²) in [5.41, 5.74) is 17.2. The maximum atomic E-state index is 6.78. The summed E-state index contributed by atoms with van der Waals surface area (Å²) in [6, 6.07) is 74.2. The minimum Gasteiger partial charge on any atom is -0.454 e. The maximum absolute atomic E-state index is 6.78. The zero-order valence-corrected chi connectivity index (χ0v) is 31.8. The zero-order valence-electron chi connectivity index (χ0n) is 31.8. The molecule has 4 heteroatoms. The van der Waals surface area contributed by atoms with Gasteiger partial charge in [-0.15, -0.1) is 0 Å². The van der Waals surface area contributed by atoms with Gasteiger partial charge in [0.1, 0.15) is 5.58 Å². The lowest BCUT2D eigenvalue weighted by molar-refractivity contribution is 0.473. The summed E-state index contributed by atoms with van der Waals surface area (Å²) >= 11 is 0. The van der Waals surface area contributed by atoms with E-state index in [1.165, 1.54) is 44.5 Å². The Labute approximate surface area is 341 Å². The smallest absolute Gasteiger partial charge is 0.159 e. The molecule has 276 valence electrons. The van der Waals surface area contributed by atoms with E-state index in [0.29, 0.717) is 0 Å². The number of benzene rings is 9. The number of hydrogen-bond donors (Lipinski definition) is 0. The first-order valence-corrected chi connectivity index (χ1v) is 20.2. The lowest BCUT2D eigenvalue weighted by Crippen LogP contribution is -2.37. The Hall–Kier alpha value is -7.82. The molecule has 0 saturated carbocycles. The van der Waals surface area contributed by atoms with Crippen LogP contribution in [0.4, 0.5) is 34.1 Å². The van der Waals surface area contributed by atoms with Gasteiger partial charge < -0.3 is 19.0 Å². The Balaban J connectivity index is 1.12. The van der Waals surface area contributed by atoms with E-state index in [1.54, 1.807) is 0 Å². The van der Waals surface area contributed by atoms with Crippen molar-refractivity contribution in [3.05, 3.63) is 229 Å². The van der Waals surface area contributed by atoms with Gasteiger partial charge in [-0.2, -0.15) is 0 Å². The number of nitrogens with zero attached hydrogens (tertiary/aromatic N) is 2. The molecule has 3 aliphatic rings. The number of para-hydroxylation sites is 5. The number of ether oxygens (including phenoxy) is 1. The number of hydrogen-bond acceptors (Lipinski definition) is 4. The fourth-order valence-corrected chi connectivity index (χ4v) is 10.2. The van der Waals surface area contributed by atoms with Crippen molar-refractivity contribution in [1.29, 1.82) is 0 Å². The van der Waals surface area contributed by atoms with Crippen molar-refractivity contribution in [2.24, 2.45) is 0 Å². The predicted molar refractivity (Wildman–Crippen MR) is 239 cm³/mol. The van der Waals surface area contributed by atoms with Crippen LogP contribution >= 0.6 is 0 Å². The van der Waals surface area contributed by atoms with E-state index < -0.39 is 5.41 Å². The van der Waals surface area contributed by atoms with Gasteiger partial charge in [-0.3, -0.25) is 0 Å². The number of rotatable bonds is 4. The molecule has 3 heterocycles. The maximum Gasteiger partial charge on any atom is 0.159 e. The molecular weight excluding hydrogens is 721 g/mol. The molecule has 0 fully saturated rings. The monoisotopic (exact) mass is 754 g/mol. The summed E-state index contributed by atoms with van der Waals surface area (Å²) in [6.07, 6.45) is 0. The second-order valence-corrected chi connectivity index (χ2v) is 15.6. The van der Waals surface area contributed by atoms with Crippen LogP contribution in [0, 0.1) is 0 Å². The SMILES string of the molecule is c1ccc(-c2ccc(N(c3ccc4c(c3)C3(c5ccccc5-c5ccccc53)c3cccc5c3N4c3ccccc3O5)c3cccc4c3oc3ccccc34)cc2)cc1. The van der Waals surface area contributed by atoms with Crippen LogP contribution in [0.1, 0.15) is 22.3 Å². The van der Waals surface area contributed by atoms with E-state index in [-0.39, 0.29) is 0 Å². The van der Waals surface area contributed by atoms with E-state index >= 15 is 0 Å². The Morgan fingerprint density at radius 2 is 1.05 bits per heavy atom. The van der Waals surface area contributed by atoms with Gasteiger partial charge in [0, 0.05) is 22.1 Å². The molecule has 1 spiro atoms. The molecular formula is C55H34N2O2. The topological polar surface area (TPSA) is 28.9 Å². The molecule has 0 atom stereocenters. The molecule has 4 nitrogen and oxygen atoms in total. The highest BCUT2D eigenvalue weighted by atomic mass is 16.5. The summed E-state index contributed by atoms with van der Waals surface area (Å²) < 4.78 is 13.5. The van der Waals surface area contributed by atoms with Crippen LogP contribution in [0.5, 0.6) is 11.5 Å². The van der Waals surface area contributed by atoms with Crippen molar-refractivity contribution < 1.29 is 9.15 Å². The first-order chi connectivity index (χ1) is 29.3. The van der Waals surface area contributed by atoms with E-state index in [9.17, 15) is 0 Å². The molecule has 0 radical (unpaired) electrons. The van der Waals surface area contributed by atoms with Crippen molar-refractivity contribution in [3.8, 4) is 33.8 Å². The van der Waals surface area contributed by atoms with Gasteiger partial charge in [0.2, 0.25) is 0 Å². The Morgan fingerprint density at radius 1 is 0.424 bits per heavy atom. The third kappa shape index (κ3) is 4.37. The number of furan rings is 1. The molecule has 0 unspecified atom stereocenters. The van der Waals surface area contributed by atoms with Crippen LogP contribution in [0.2, 0.25) is 0 Å². The lowest BCUT2D eigenvalue weighted by Gasteiger charge is -2.47. The van der Waals surface area contributed by atoms with Gasteiger partial charge >= 0.3 is 0 Å². The average Bonchev–Trinajstić information content (AvgIpc) is 3.83. The molecule has 13 rings (SSSR count). The second kappa shape index (κ2) is 12.1. The van der Waals surface area contributed by atoms with Crippen LogP contribution in [0.15, 0.2) is 211 Å². The lowest BCUT2D eigenvalue weighted by atomic mass is 9.64. The van der Waals surface area contributed by atoms with Crippen LogP contribution < -0.4 is 14.5 Å². The zero-order chi connectivity index (χ0) is 38.7. The van der Waals surface area contributed by atoms with Crippen molar-refractivity contribution in [2.75, 3.05) is 9.80 Å². The highest BCUT2D eigenvalue weighted by Gasteiger charge is 2.53. The summed E-state index contributed by atoms with van der Waals surface area (Å²) in [4.78, 5) is 4.80. The van der Waals surface area contributed by atoms with E-state index in [2.05, 4.69) is 204 Å². The summed E-state index contributed by atoms with van der Waals surface area (Å²) in [5, 5.41) is 2.19. The third-order valence-electron chi connectivity index (χ3n) is 12.6. The van der Waals surface area contributed by atoms with Crippen LogP contribution in [-0.4, -0.2) is 0 Å². The molecule has 1 aromatic heterocycles. The van der Waals surface area contributed by atoms with Gasteiger partial charge in [-0.25, -0.2) is 0 Å². The molecule has 0 saturated heterocycles. The summed E-state index contributed by atoms with van der Waals surface area (Å²) in [6.45, 7) is 0. The summed E-state index contributed by atoms with van der Waals surface area (Å²) in [7, 11) is 0. The third-order valence-corrected chi connectivity index (χ3v) is 12.6. The van der Waals surface area contributed by atoms with E-state index in [4.69, 9.17) is 9.15 Å². The predicted octanol–water partition coefficient (Wildman–Crippen LogP) is 15.0. The van der Waals surface area contributed by atoms with Crippen LogP contribution in [0.3, 0.4) is 0 Å². The average molecular weight is 755 g/mol. The molecule has 0 N–H and O–H groups in total. The number of anilines is 6. The molecule has 0 amide bonds. The van der Waals surface area contributed by atoms with Gasteiger partial charge in [0.15, 0.2) is 17.1 Å². The number of fused-ring (bicyclic) bond motifs is 14. The molecule has 10 aromatic rings. The minimum absolute atomic E-state index is 0.635. The fourth-order valence-electron chi connectivity index (χ4n) is 10.2. The van der Waals surface area contributed by atoms with Crippen molar-refractivity contribution >= 4 is 56.1 Å². The van der Waals surface area contributed by atoms with Crippen molar-refractivity contribution in [2.45, 2.75) is 5.41 Å². The Morgan fingerprint density at radius 3 is 1.88 bits per heavy atom. The second-order valence-electron chi connectivity index (χ2n) is 15.6. The van der Waals surface area contributed by atoms with Crippen LogP contribution in [-0.2, 0) is 5.41 Å². The Bertz CT molecular complexity index is 3280. The van der Waals surface area contributed by atoms with Gasteiger partial charge in [0.25, 0.3) is 0 Å². The van der Waals surface area contributed by atoms with E-state index in [0.717, 1.165) is 67.6 Å². The van der Waals surface area contributed by atoms with E-state index in [1.807, 2.05) is 12.1 Å². The minimum atomic E-state index is -0.635. The molecule has 9 aromatic carbocycles. The molecule has 59 heavy (non-hydrogen) atoms. The first-order valence-electron chi connectivity index (χ1n) is 20.2. The summed E-state index contributed by atoms with van der Waals surface area (Å²) in [5.74, 6) is 1.70. The molecule has 2 aliphatic heterocycles. The largest absolute Gasteiger partial charge is 0.454 e. The first kappa shape index (κ1) is 32.3. The molecule has 1 aliphatic carbocycles. The highest BCUT2D eigenvalue weighted by molar-refractivity contribution is 6.10. The van der Waals surface area contributed by atoms with Gasteiger partial charge in [0.05, 0.1) is 28.2 Å². The van der Waals surface area contributed by atoms with Gasteiger partial charge in [-0.05, 0) is 105 Å². The van der Waals surface area contributed by atoms with Gasteiger partial charge in [-0.1, -0.05) is 146 Å². The standard InChI is InChI=1S/C55H34N2O2/c1-2-14-35(15-3-1)36-28-30-37(31-29-36)56(49-24-12-19-42-41-18-6-10-25-50(41)59-54(42)49)38-32-33-47-46(34-38)55(43-20-7-4-16-39(43)40-17-5-8-21-44(40)55)45-22-13-27-52-53(45)57(47)48-23-9-11-26-51(48)58-52/h1-34H. The Kier molecular flexibility index (Phi) is 6.62. The molecule has 0 bridgehead atoms. The quantitative estimate of drug-likeness (QED) is 0.179. The fraction of sp³-hybridized carbons (Fsp3) is 0.0182. The van der Waals surface area contributed by atoms with Crippen molar-refractivity contribution in [1.82, 2.24) is 0 Å².